The molecule has 0 aliphatic heterocycles. The number of aliphatic hydroxyl groups is 1. The van der Waals surface area contributed by atoms with Crippen LogP contribution in [0.15, 0.2) is 30.6 Å². The van der Waals surface area contributed by atoms with Crippen LogP contribution in [0.3, 0.4) is 0 Å². The molecule has 20 heavy (non-hydrogen) atoms. The smallest absolute Gasteiger partial charge is 0.122 e. The van der Waals surface area contributed by atoms with Crippen LogP contribution in [-0.4, -0.2) is 29.1 Å². The third-order valence-corrected chi connectivity index (χ3v) is 3.11. The summed E-state index contributed by atoms with van der Waals surface area (Å²) < 4.78 is 12.3. The highest BCUT2D eigenvalue weighted by molar-refractivity contribution is 5.41. The molecule has 0 bridgehead atoms. The van der Waals surface area contributed by atoms with E-state index >= 15 is 0 Å². The van der Waals surface area contributed by atoms with Crippen molar-refractivity contribution in [3.05, 3.63) is 41.7 Å². The first-order valence-electron chi connectivity index (χ1n) is 6.61. The van der Waals surface area contributed by atoms with E-state index in [1.165, 1.54) is 0 Å². The molecule has 0 aliphatic rings. The van der Waals surface area contributed by atoms with Gasteiger partial charge in [0.05, 0.1) is 20.4 Å². The number of benzene rings is 1. The summed E-state index contributed by atoms with van der Waals surface area (Å²) in [4.78, 5) is 0. The molecular formula is C15H20N2O3. The van der Waals surface area contributed by atoms with Gasteiger partial charge in [0, 0.05) is 24.4 Å². The standard InChI is InChI=1S/C15H20N2O3/c1-4-5-17-10-12(9-16-17)15(18)11-6-13(19-2)8-14(7-11)20-3/h6-10,15,18H,4-5H2,1-3H3. The van der Waals surface area contributed by atoms with Crippen molar-refractivity contribution in [1.82, 2.24) is 9.78 Å². The molecule has 1 aromatic heterocycles. The van der Waals surface area contributed by atoms with Gasteiger partial charge in [0.1, 0.15) is 17.6 Å². The van der Waals surface area contributed by atoms with Gasteiger partial charge in [-0.2, -0.15) is 5.10 Å². The maximum Gasteiger partial charge on any atom is 0.122 e. The SMILES string of the molecule is CCCn1cc(C(O)c2cc(OC)cc(OC)c2)cn1. The van der Waals surface area contributed by atoms with Gasteiger partial charge in [0.25, 0.3) is 0 Å². The van der Waals surface area contributed by atoms with Crippen molar-refractivity contribution in [3.63, 3.8) is 0 Å². The van der Waals surface area contributed by atoms with Crippen molar-refractivity contribution in [2.75, 3.05) is 14.2 Å². The van der Waals surface area contributed by atoms with Gasteiger partial charge in [-0.1, -0.05) is 6.92 Å². The lowest BCUT2D eigenvalue weighted by Gasteiger charge is -2.12. The van der Waals surface area contributed by atoms with Crippen LogP contribution in [0.4, 0.5) is 0 Å². The van der Waals surface area contributed by atoms with Crippen molar-refractivity contribution >= 4 is 0 Å². The van der Waals surface area contributed by atoms with E-state index in [-0.39, 0.29) is 0 Å². The fourth-order valence-corrected chi connectivity index (χ4v) is 2.05. The van der Waals surface area contributed by atoms with Gasteiger partial charge >= 0.3 is 0 Å². The predicted molar refractivity (Wildman–Crippen MR) is 76.1 cm³/mol. The van der Waals surface area contributed by atoms with Crippen molar-refractivity contribution in [1.29, 1.82) is 0 Å². The number of ether oxygens (including phenoxy) is 2. The van der Waals surface area contributed by atoms with E-state index in [4.69, 9.17) is 9.47 Å². The molecule has 2 aromatic rings. The van der Waals surface area contributed by atoms with E-state index < -0.39 is 6.10 Å². The van der Waals surface area contributed by atoms with Gasteiger partial charge < -0.3 is 14.6 Å². The molecule has 5 nitrogen and oxygen atoms in total. The Hall–Kier alpha value is -2.01. The van der Waals surface area contributed by atoms with Crippen molar-refractivity contribution < 1.29 is 14.6 Å². The van der Waals surface area contributed by atoms with Gasteiger partial charge in [-0.3, -0.25) is 4.68 Å². The maximum absolute atomic E-state index is 10.4. The second-order valence-electron chi connectivity index (χ2n) is 4.59. The number of aliphatic hydroxyl groups excluding tert-OH is 1. The number of aromatic nitrogens is 2. The molecule has 0 spiro atoms. The highest BCUT2D eigenvalue weighted by atomic mass is 16.5. The van der Waals surface area contributed by atoms with Crippen LogP contribution in [0, 0.1) is 0 Å². The fraction of sp³-hybridized carbons (Fsp3) is 0.400. The van der Waals surface area contributed by atoms with Crippen LogP contribution in [0.2, 0.25) is 0 Å². The second kappa shape index (κ2) is 6.43. The summed E-state index contributed by atoms with van der Waals surface area (Å²) in [7, 11) is 3.18. The first-order chi connectivity index (χ1) is 9.67. The molecule has 0 saturated heterocycles. The largest absolute Gasteiger partial charge is 0.497 e. The predicted octanol–water partition coefficient (Wildman–Crippen LogP) is 2.39. The zero-order valence-electron chi connectivity index (χ0n) is 12.0. The second-order valence-corrected chi connectivity index (χ2v) is 4.59. The highest BCUT2D eigenvalue weighted by Gasteiger charge is 2.15. The van der Waals surface area contributed by atoms with Crippen molar-refractivity contribution in [2.45, 2.75) is 26.0 Å². The minimum atomic E-state index is -0.746. The summed E-state index contributed by atoms with van der Waals surface area (Å²) in [6.07, 6.45) is 3.81. The molecule has 1 heterocycles. The third kappa shape index (κ3) is 3.11. The Morgan fingerprint density at radius 3 is 2.35 bits per heavy atom. The average Bonchev–Trinajstić information content (AvgIpc) is 2.94. The van der Waals surface area contributed by atoms with Crippen LogP contribution in [0.5, 0.6) is 11.5 Å². The minimum absolute atomic E-state index is 0.652. The minimum Gasteiger partial charge on any atom is -0.497 e. The van der Waals surface area contributed by atoms with E-state index in [0.29, 0.717) is 11.5 Å². The number of aryl methyl sites for hydroxylation is 1. The van der Waals surface area contributed by atoms with Crippen molar-refractivity contribution in [2.24, 2.45) is 0 Å². The number of methoxy groups -OCH3 is 2. The van der Waals surface area contributed by atoms with Crippen LogP contribution in [0.1, 0.15) is 30.6 Å². The Balaban J connectivity index is 2.28. The first-order valence-corrected chi connectivity index (χ1v) is 6.61. The van der Waals surface area contributed by atoms with Crippen LogP contribution >= 0.6 is 0 Å². The van der Waals surface area contributed by atoms with Crippen LogP contribution in [-0.2, 0) is 6.54 Å². The quantitative estimate of drug-likeness (QED) is 0.880. The van der Waals surface area contributed by atoms with E-state index in [2.05, 4.69) is 12.0 Å². The molecule has 1 unspecified atom stereocenters. The molecule has 0 radical (unpaired) electrons. The van der Waals surface area contributed by atoms with E-state index in [1.54, 1.807) is 38.6 Å². The van der Waals surface area contributed by atoms with Crippen LogP contribution < -0.4 is 9.47 Å². The summed E-state index contributed by atoms with van der Waals surface area (Å²) in [5, 5.41) is 14.7. The van der Waals surface area contributed by atoms with E-state index in [1.807, 2.05) is 10.9 Å². The number of rotatable bonds is 6. The Bertz CT molecular complexity index is 544. The maximum atomic E-state index is 10.4. The van der Waals surface area contributed by atoms with Gasteiger partial charge in [-0.25, -0.2) is 0 Å². The Kier molecular flexibility index (Phi) is 4.63. The fourth-order valence-electron chi connectivity index (χ4n) is 2.05. The van der Waals surface area contributed by atoms with Crippen molar-refractivity contribution in [3.8, 4) is 11.5 Å². The lowest BCUT2D eigenvalue weighted by molar-refractivity contribution is 0.219. The van der Waals surface area contributed by atoms with Crippen LogP contribution in [0.25, 0.3) is 0 Å². The van der Waals surface area contributed by atoms with Gasteiger partial charge in [0.2, 0.25) is 0 Å². The highest BCUT2D eigenvalue weighted by Crippen LogP contribution is 2.29. The molecule has 1 aromatic carbocycles. The molecule has 1 atom stereocenters. The molecule has 2 rings (SSSR count). The van der Waals surface area contributed by atoms with Gasteiger partial charge in [-0.05, 0) is 24.1 Å². The lowest BCUT2D eigenvalue weighted by Crippen LogP contribution is -2.01. The summed E-state index contributed by atoms with van der Waals surface area (Å²) >= 11 is 0. The normalized spacial score (nSPS) is 12.2. The molecule has 0 aliphatic carbocycles. The molecule has 0 fully saturated rings. The van der Waals surface area contributed by atoms with E-state index in [0.717, 1.165) is 24.1 Å². The number of nitrogens with zero attached hydrogens (tertiary/aromatic N) is 2. The monoisotopic (exact) mass is 276 g/mol. The van der Waals surface area contributed by atoms with E-state index in [9.17, 15) is 5.11 Å². The Morgan fingerprint density at radius 2 is 1.80 bits per heavy atom. The molecule has 0 amide bonds. The van der Waals surface area contributed by atoms with Gasteiger partial charge in [-0.15, -0.1) is 0 Å². The third-order valence-electron chi connectivity index (χ3n) is 3.11. The topological polar surface area (TPSA) is 56.5 Å². The number of hydrogen-bond donors (Lipinski definition) is 1. The summed E-state index contributed by atoms with van der Waals surface area (Å²) in [5.74, 6) is 1.30. The zero-order valence-corrected chi connectivity index (χ0v) is 12.0. The number of hydrogen-bond acceptors (Lipinski definition) is 4. The summed E-state index contributed by atoms with van der Waals surface area (Å²) in [6, 6.07) is 5.37. The molecule has 0 saturated carbocycles. The summed E-state index contributed by atoms with van der Waals surface area (Å²) in [5.41, 5.74) is 1.48. The molecule has 1 N–H and O–H groups in total. The van der Waals surface area contributed by atoms with Gasteiger partial charge in [0.15, 0.2) is 0 Å². The Labute approximate surface area is 118 Å². The lowest BCUT2D eigenvalue weighted by atomic mass is 10.0. The first kappa shape index (κ1) is 14.4. The molecule has 108 valence electrons. The Morgan fingerprint density at radius 1 is 1.15 bits per heavy atom. The average molecular weight is 276 g/mol. The summed E-state index contributed by atoms with van der Waals surface area (Å²) in [6.45, 7) is 2.93. The molecule has 5 heteroatoms. The molecular weight excluding hydrogens is 256 g/mol. The zero-order chi connectivity index (χ0) is 14.5.